The van der Waals surface area contributed by atoms with Gasteiger partial charge in [-0.1, -0.05) is 12.1 Å². The molecule has 1 aromatic rings. The molecule has 1 fully saturated rings. The number of carboxylic acids is 1. The van der Waals surface area contributed by atoms with Crippen molar-refractivity contribution in [3.05, 3.63) is 35.4 Å². The quantitative estimate of drug-likeness (QED) is 0.866. The Morgan fingerprint density at radius 2 is 1.88 bits per heavy atom. The summed E-state index contributed by atoms with van der Waals surface area (Å²) in [5.41, 5.74) is -0.874. The summed E-state index contributed by atoms with van der Waals surface area (Å²) in [4.78, 5) is 10.9. The zero-order valence-corrected chi connectivity index (χ0v) is 9.08. The molecule has 0 saturated heterocycles. The van der Waals surface area contributed by atoms with Crippen molar-refractivity contribution in [2.24, 2.45) is 5.41 Å². The summed E-state index contributed by atoms with van der Waals surface area (Å²) in [5.74, 6) is -1.08. The fourth-order valence-electron chi connectivity index (χ4n) is 1.99. The number of aliphatic carboxylic acids is 1. The van der Waals surface area contributed by atoms with Crippen molar-refractivity contribution in [2.75, 3.05) is 0 Å². The summed E-state index contributed by atoms with van der Waals surface area (Å²) in [5, 5.41) is 8.95. The van der Waals surface area contributed by atoms with Crippen molar-refractivity contribution < 1.29 is 23.1 Å². The number of benzene rings is 1. The van der Waals surface area contributed by atoms with Crippen molar-refractivity contribution in [1.29, 1.82) is 0 Å². The maximum atomic E-state index is 12.3. The van der Waals surface area contributed by atoms with E-state index in [0.717, 1.165) is 12.1 Å². The number of alkyl halides is 3. The molecule has 2 rings (SSSR count). The minimum absolute atomic E-state index is 0.178. The SMILES string of the molecule is C[C@@]1(C(=O)O)C[C@@H]1c1ccc(C(F)(F)F)cc1. The third-order valence-electron chi connectivity index (χ3n) is 3.37. The lowest BCUT2D eigenvalue weighted by atomic mass is 10.0. The van der Waals surface area contributed by atoms with Crippen molar-refractivity contribution in [1.82, 2.24) is 0 Å². The summed E-state index contributed by atoms with van der Waals surface area (Å²) >= 11 is 0. The Morgan fingerprint density at radius 1 is 1.35 bits per heavy atom. The molecular formula is C12H11F3O2. The minimum atomic E-state index is -4.35. The third kappa shape index (κ3) is 2.01. The average molecular weight is 244 g/mol. The van der Waals surface area contributed by atoms with Gasteiger partial charge >= 0.3 is 12.1 Å². The van der Waals surface area contributed by atoms with E-state index in [0.29, 0.717) is 12.0 Å². The highest BCUT2D eigenvalue weighted by Crippen LogP contribution is 2.59. The lowest BCUT2D eigenvalue weighted by Gasteiger charge is -2.08. The number of rotatable bonds is 2. The minimum Gasteiger partial charge on any atom is -0.481 e. The van der Waals surface area contributed by atoms with E-state index >= 15 is 0 Å². The van der Waals surface area contributed by atoms with Gasteiger partial charge in [0.15, 0.2) is 0 Å². The topological polar surface area (TPSA) is 37.3 Å². The second-order valence-corrected chi connectivity index (χ2v) is 4.60. The van der Waals surface area contributed by atoms with Gasteiger partial charge in [0.1, 0.15) is 0 Å². The first-order valence-electron chi connectivity index (χ1n) is 5.16. The summed E-state index contributed by atoms with van der Waals surface area (Å²) in [6.07, 6.45) is -3.87. The average Bonchev–Trinajstić information content (AvgIpc) is 2.91. The second-order valence-electron chi connectivity index (χ2n) is 4.60. The van der Waals surface area contributed by atoms with Crippen LogP contribution >= 0.6 is 0 Å². The third-order valence-corrected chi connectivity index (χ3v) is 3.37. The van der Waals surface area contributed by atoms with E-state index in [1.54, 1.807) is 6.92 Å². The van der Waals surface area contributed by atoms with Gasteiger partial charge in [0.2, 0.25) is 0 Å². The molecule has 0 spiro atoms. The van der Waals surface area contributed by atoms with Gasteiger partial charge in [-0.2, -0.15) is 13.2 Å². The van der Waals surface area contributed by atoms with Crippen LogP contribution in [0.1, 0.15) is 30.4 Å². The van der Waals surface area contributed by atoms with Crippen molar-refractivity contribution >= 4 is 5.97 Å². The smallest absolute Gasteiger partial charge is 0.416 e. The highest BCUT2D eigenvalue weighted by Gasteiger charge is 2.57. The summed E-state index contributed by atoms with van der Waals surface area (Å²) < 4.78 is 37.0. The van der Waals surface area contributed by atoms with E-state index in [-0.39, 0.29) is 5.92 Å². The van der Waals surface area contributed by atoms with Crippen LogP contribution in [0.5, 0.6) is 0 Å². The molecule has 0 bridgehead atoms. The maximum absolute atomic E-state index is 12.3. The predicted octanol–water partition coefficient (Wildman–Crippen LogP) is 3.28. The Labute approximate surface area is 96.1 Å². The van der Waals surface area contributed by atoms with Crippen molar-refractivity contribution in [3.63, 3.8) is 0 Å². The van der Waals surface area contributed by atoms with E-state index in [9.17, 15) is 18.0 Å². The number of carboxylic acid groups (broad SMARTS) is 1. The normalized spacial score (nSPS) is 27.9. The second kappa shape index (κ2) is 3.48. The summed E-state index contributed by atoms with van der Waals surface area (Å²) in [6, 6.07) is 4.72. The molecule has 2 nitrogen and oxygen atoms in total. The van der Waals surface area contributed by atoms with E-state index in [1.807, 2.05) is 0 Å². The number of hydrogen-bond acceptors (Lipinski definition) is 1. The fourth-order valence-corrected chi connectivity index (χ4v) is 1.99. The van der Waals surface area contributed by atoms with Crippen molar-refractivity contribution in [3.8, 4) is 0 Å². The molecule has 0 aliphatic heterocycles. The highest BCUT2D eigenvalue weighted by atomic mass is 19.4. The Kier molecular flexibility index (Phi) is 2.45. The standard InChI is InChI=1S/C12H11F3O2/c1-11(10(16)17)6-9(11)7-2-4-8(5-3-7)12(13,14)15/h2-5,9H,6H2,1H3,(H,16,17)/t9-,11-/m1/s1. The molecule has 0 aromatic heterocycles. The van der Waals surface area contributed by atoms with Crippen LogP contribution in [0.4, 0.5) is 13.2 Å². The van der Waals surface area contributed by atoms with Crippen LogP contribution < -0.4 is 0 Å². The lowest BCUT2D eigenvalue weighted by Crippen LogP contribution is -2.12. The molecule has 0 radical (unpaired) electrons. The Hall–Kier alpha value is -1.52. The summed E-state index contributed by atoms with van der Waals surface area (Å²) in [6.45, 7) is 1.61. The van der Waals surface area contributed by atoms with Crippen LogP contribution in [0.15, 0.2) is 24.3 Å². The first-order chi connectivity index (χ1) is 7.75. The molecule has 1 N–H and O–H groups in total. The maximum Gasteiger partial charge on any atom is 0.416 e. The highest BCUT2D eigenvalue weighted by molar-refractivity contribution is 5.80. The van der Waals surface area contributed by atoms with Crippen LogP contribution in [0.2, 0.25) is 0 Å². The van der Waals surface area contributed by atoms with E-state index in [2.05, 4.69) is 0 Å². The van der Waals surface area contributed by atoms with Gasteiger partial charge in [-0.15, -0.1) is 0 Å². The first kappa shape index (κ1) is 12.0. The van der Waals surface area contributed by atoms with Gasteiger partial charge in [-0.25, -0.2) is 0 Å². The van der Waals surface area contributed by atoms with Gasteiger partial charge < -0.3 is 5.11 Å². The van der Waals surface area contributed by atoms with Crippen LogP contribution in [0.3, 0.4) is 0 Å². The molecule has 92 valence electrons. The van der Waals surface area contributed by atoms with E-state index in [4.69, 9.17) is 5.11 Å². The molecule has 17 heavy (non-hydrogen) atoms. The van der Waals surface area contributed by atoms with Gasteiger partial charge in [-0.05, 0) is 31.0 Å². The lowest BCUT2D eigenvalue weighted by molar-refractivity contribution is -0.143. The molecule has 0 unspecified atom stereocenters. The Bertz CT molecular complexity index is 450. The molecule has 0 heterocycles. The van der Waals surface area contributed by atoms with Gasteiger partial charge in [0, 0.05) is 5.92 Å². The molecule has 5 heteroatoms. The van der Waals surface area contributed by atoms with Crippen LogP contribution in [0, 0.1) is 5.41 Å². The zero-order valence-electron chi connectivity index (χ0n) is 9.08. The van der Waals surface area contributed by atoms with Crippen LogP contribution in [0.25, 0.3) is 0 Å². The van der Waals surface area contributed by atoms with Gasteiger partial charge in [-0.3, -0.25) is 4.79 Å². The molecule has 1 aliphatic rings. The monoisotopic (exact) mass is 244 g/mol. The predicted molar refractivity (Wildman–Crippen MR) is 54.5 cm³/mol. The van der Waals surface area contributed by atoms with E-state index < -0.39 is 23.1 Å². The van der Waals surface area contributed by atoms with Gasteiger partial charge in [0.25, 0.3) is 0 Å². The molecular weight excluding hydrogens is 233 g/mol. The Morgan fingerprint density at radius 3 is 2.24 bits per heavy atom. The van der Waals surface area contributed by atoms with Crippen molar-refractivity contribution in [2.45, 2.75) is 25.4 Å². The molecule has 2 atom stereocenters. The zero-order chi connectivity index (χ0) is 12.8. The van der Waals surface area contributed by atoms with Gasteiger partial charge in [0.05, 0.1) is 11.0 Å². The summed E-state index contributed by atoms with van der Waals surface area (Å²) in [7, 11) is 0. The number of halogens is 3. The van der Waals surface area contributed by atoms with Crippen LogP contribution in [-0.4, -0.2) is 11.1 Å². The fraction of sp³-hybridized carbons (Fsp3) is 0.417. The number of carbonyl (C=O) groups is 1. The molecule has 0 amide bonds. The first-order valence-corrected chi connectivity index (χ1v) is 5.16. The van der Waals surface area contributed by atoms with Crippen LogP contribution in [-0.2, 0) is 11.0 Å². The molecule has 1 aliphatic carbocycles. The van der Waals surface area contributed by atoms with E-state index in [1.165, 1.54) is 12.1 Å². The Balaban J connectivity index is 2.19. The molecule has 1 saturated carbocycles. The number of hydrogen-bond donors (Lipinski definition) is 1. The largest absolute Gasteiger partial charge is 0.481 e. The molecule has 1 aromatic carbocycles.